The third-order valence-corrected chi connectivity index (χ3v) is 3.03. The Balaban J connectivity index is 2.34. The highest BCUT2D eigenvalue weighted by Gasteiger charge is 2.00. The van der Waals surface area contributed by atoms with Crippen LogP contribution in [0.25, 0.3) is 0 Å². The van der Waals surface area contributed by atoms with Crippen molar-refractivity contribution < 1.29 is 4.74 Å². The van der Waals surface area contributed by atoms with Crippen LogP contribution in [-0.2, 0) is 17.8 Å². The molecule has 0 atom stereocenters. The lowest BCUT2D eigenvalue weighted by molar-refractivity contribution is 0.158. The van der Waals surface area contributed by atoms with E-state index in [-0.39, 0.29) is 0 Å². The average molecular weight is 264 g/mol. The number of methoxy groups -OCH3 is 1. The van der Waals surface area contributed by atoms with Gasteiger partial charge in [-0.3, -0.25) is 4.90 Å². The molecule has 0 unspecified atom stereocenters. The Morgan fingerprint density at radius 2 is 1.79 bits per heavy atom. The monoisotopic (exact) mass is 264 g/mol. The Morgan fingerprint density at radius 3 is 2.37 bits per heavy atom. The van der Waals surface area contributed by atoms with E-state index in [4.69, 9.17) is 4.74 Å². The van der Waals surface area contributed by atoms with Crippen molar-refractivity contribution in [2.45, 2.75) is 26.9 Å². The molecule has 0 saturated carbocycles. The standard InChI is InChI=1S/C16H28N2O/c1-14(2)11-17-12-15-5-7-16(8-6-15)13-18(3)9-10-19-4/h5-8,14,17H,9-13H2,1-4H3. The van der Waals surface area contributed by atoms with E-state index in [2.05, 4.69) is 55.4 Å². The first-order valence-corrected chi connectivity index (χ1v) is 7.08. The maximum absolute atomic E-state index is 5.08. The van der Waals surface area contributed by atoms with Crippen LogP contribution < -0.4 is 5.32 Å². The summed E-state index contributed by atoms with van der Waals surface area (Å²) in [5, 5.41) is 3.46. The molecular formula is C16H28N2O. The quantitative estimate of drug-likeness (QED) is 0.742. The maximum atomic E-state index is 5.08. The van der Waals surface area contributed by atoms with Crippen LogP contribution in [0.5, 0.6) is 0 Å². The number of nitrogens with zero attached hydrogens (tertiary/aromatic N) is 1. The zero-order chi connectivity index (χ0) is 14.1. The van der Waals surface area contributed by atoms with Gasteiger partial charge < -0.3 is 10.1 Å². The third-order valence-electron chi connectivity index (χ3n) is 3.03. The van der Waals surface area contributed by atoms with Crippen molar-refractivity contribution >= 4 is 0 Å². The van der Waals surface area contributed by atoms with Crippen LogP contribution in [0.2, 0.25) is 0 Å². The molecule has 108 valence electrons. The Kier molecular flexibility index (Phi) is 7.72. The van der Waals surface area contributed by atoms with E-state index < -0.39 is 0 Å². The zero-order valence-corrected chi connectivity index (χ0v) is 12.8. The van der Waals surface area contributed by atoms with Crippen LogP contribution in [0.3, 0.4) is 0 Å². The minimum absolute atomic E-state index is 0.703. The minimum atomic E-state index is 0.703. The smallest absolute Gasteiger partial charge is 0.0589 e. The first kappa shape index (κ1) is 16.2. The lowest BCUT2D eigenvalue weighted by atomic mass is 10.1. The topological polar surface area (TPSA) is 24.5 Å². The SMILES string of the molecule is COCCN(C)Cc1ccc(CNCC(C)C)cc1. The summed E-state index contributed by atoms with van der Waals surface area (Å²) in [5.74, 6) is 0.703. The van der Waals surface area contributed by atoms with Gasteiger partial charge in [-0.15, -0.1) is 0 Å². The van der Waals surface area contributed by atoms with Gasteiger partial charge in [0.2, 0.25) is 0 Å². The molecule has 0 amide bonds. The predicted molar refractivity (Wildman–Crippen MR) is 81.2 cm³/mol. The molecule has 0 aliphatic heterocycles. The highest BCUT2D eigenvalue weighted by molar-refractivity contribution is 5.22. The van der Waals surface area contributed by atoms with Crippen molar-refractivity contribution in [2.24, 2.45) is 5.92 Å². The number of likely N-dealkylation sites (N-methyl/N-ethyl adjacent to an activating group) is 1. The molecule has 3 nitrogen and oxygen atoms in total. The summed E-state index contributed by atoms with van der Waals surface area (Å²) < 4.78 is 5.08. The predicted octanol–water partition coefficient (Wildman–Crippen LogP) is 2.51. The highest BCUT2D eigenvalue weighted by Crippen LogP contribution is 2.07. The van der Waals surface area contributed by atoms with Crippen molar-refractivity contribution in [3.8, 4) is 0 Å². The first-order valence-electron chi connectivity index (χ1n) is 7.08. The van der Waals surface area contributed by atoms with Crippen LogP contribution in [0.15, 0.2) is 24.3 Å². The number of rotatable bonds is 9. The summed E-state index contributed by atoms with van der Waals surface area (Å²) >= 11 is 0. The lowest BCUT2D eigenvalue weighted by Crippen LogP contribution is -2.22. The second-order valence-electron chi connectivity index (χ2n) is 5.57. The molecule has 1 aromatic rings. The molecule has 1 N–H and O–H groups in total. The van der Waals surface area contributed by atoms with Crippen LogP contribution in [-0.4, -0.2) is 38.8 Å². The summed E-state index contributed by atoms with van der Waals surface area (Å²) in [6, 6.07) is 8.87. The Bertz CT molecular complexity index is 335. The number of hydrogen-bond donors (Lipinski definition) is 1. The van der Waals surface area contributed by atoms with E-state index in [1.54, 1.807) is 7.11 Å². The molecule has 0 heterocycles. The van der Waals surface area contributed by atoms with Gasteiger partial charge >= 0.3 is 0 Å². The van der Waals surface area contributed by atoms with Gasteiger partial charge in [0.05, 0.1) is 6.61 Å². The Morgan fingerprint density at radius 1 is 1.16 bits per heavy atom. The lowest BCUT2D eigenvalue weighted by Gasteiger charge is -2.16. The summed E-state index contributed by atoms with van der Waals surface area (Å²) in [6.45, 7) is 9.21. The molecule has 3 heteroatoms. The zero-order valence-electron chi connectivity index (χ0n) is 12.8. The Hall–Kier alpha value is -0.900. The van der Waals surface area contributed by atoms with E-state index in [1.165, 1.54) is 11.1 Å². The van der Waals surface area contributed by atoms with Gasteiger partial charge in [-0.1, -0.05) is 38.1 Å². The molecule has 1 aromatic carbocycles. The largest absolute Gasteiger partial charge is 0.383 e. The van der Waals surface area contributed by atoms with Crippen LogP contribution in [0.1, 0.15) is 25.0 Å². The van der Waals surface area contributed by atoms with Crippen molar-refractivity contribution in [1.82, 2.24) is 10.2 Å². The molecule has 0 fully saturated rings. The fourth-order valence-electron chi connectivity index (χ4n) is 1.91. The minimum Gasteiger partial charge on any atom is -0.383 e. The molecule has 1 rings (SSSR count). The summed E-state index contributed by atoms with van der Waals surface area (Å²) in [6.07, 6.45) is 0. The highest BCUT2D eigenvalue weighted by atomic mass is 16.5. The van der Waals surface area contributed by atoms with Crippen LogP contribution >= 0.6 is 0 Å². The molecular weight excluding hydrogens is 236 g/mol. The molecule has 0 aliphatic rings. The average Bonchev–Trinajstić information content (AvgIpc) is 2.38. The van der Waals surface area contributed by atoms with Crippen molar-refractivity contribution in [3.63, 3.8) is 0 Å². The second kappa shape index (κ2) is 9.08. The van der Waals surface area contributed by atoms with Crippen molar-refractivity contribution in [2.75, 3.05) is 33.9 Å². The van der Waals surface area contributed by atoms with Gasteiger partial charge in [0.25, 0.3) is 0 Å². The molecule has 0 bridgehead atoms. The van der Waals surface area contributed by atoms with Gasteiger partial charge in [0.1, 0.15) is 0 Å². The maximum Gasteiger partial charge on any atom is 0.0589 e. The normalized spacial score (nSPS) is 11.5. The molecule has 0 aliphatic carbocycles. The van der Waals surface area contributed by atoms with E-state index in [0.29, 0.717) is 5.92 Å². The van der Waals surface area contributed by atoms with Crippen LogP contribution in [0.4, 0.5) is 0 Å². The van der Waals surface area contributed by atoms with Gasteiger partial charge in [0.15, 0.2) is 0 Å². The third kappa shape index (κ3) is 7.31. The van der Waals surface area contributed by atoms with E-state index in [0.717, 1.165) is 32.8 Å². The molecule has 0 spiro atoms. The van der Waals surface area contributed by atoms with Gasteiger partial charge in [-0.05, 0) is 30.6 Å². The number of hydrogen-bond acceptors (Lipinski definition) is 3. The molecule has 0 radical (unpaired) electrons. The number of nitrogens with one attached hydrogen (secondary N) is 1. The summed E-state index contributed by atoms with van der Waals surface area (Å²) in [4.78, 5) is 2.27. The summed E-state index contributed by atoms with van der Waals surface area (Å²) in [5.41, 5.74) is 2.70. The van der Waals surface area contributed by atoms with Crippen molar-refractivity contribution in [1.29, 1.82) is 0 Å². The van der Waals surface area contributed by atoms with E-state index >= 15 is 0 Å². The molecule has 19 heavy (non-hydrogen) atoms. The van der Waals surface area contributed by atoms with Gasteiger partial charge in [0, 0.05) is 26.7 Å². The van der Waals surface area contributed by atoms with Gasteiger partial charge in [-0.25, -0.2) is 0 Å². The van der Waals surface area contributed by atoms with Gasteiger partial charge in [-0.2, -0.15) is 0 Å². The van der Waals surface area contributed by atoms with E-state index in [1.807, 2.05) is 0 Å². The van der Waals surface area contributed by atoms with Crippen LogP contribution in [0, 0.1) is 5.92 Å². The number of benzene rings is 1. The molecule has 0 aromatic heterocycles. The number of ether oxygens (including phenoxy) is 1. The first-order chi connectivity index (χ1) is 9.11. The van der Waals surface area contributed by atoms with E-state index in [9.17, 15) is 0 Å². The Labute approximate surface area is 118 Å². The fourth-order valence-corrected chi connectivity index (χ4v) is 1.91. The summed E-state index contributed by atoms with van der Waals surface area (Å²) in [7, 11) is 3.86. The van der Waals surface area contributed by atoms with Crippen molar-refractivity contribution in [3.05, 3.63) is 35.4 Å². The molecule has 0 saturated heterocycles. The second-order valence-corrected chi connectivity index (χ2v) is 5.57. The fraction of sp³-hybridized carbons (Fsp3) is 0.625.